The van der Waals surface area contributed by atoms with E-state index >= 15 is 0 Å². The van der Waals surface area contributed by atoms with Gasteiger partial charge >= 0.3 is 5.97 Å². The number of benzene rings is 1. The molecule has 8 heteroatoms. The Labute approximate surface area is 135 Å². The molecule has 0 atom stereocenters. The lowest BCUT2D eigenvalue weighted by molar-refractivity contribution is 0.0694. The first-order valence-electron chi connectivity index (χ1n) is 6.20. The number of carbonyl (C=O) groups is 2. The molecule has 0 radical (unpaired) electrons. The third-order valence-corrected chi connectivity index (χ3v) is 3.12. The first kappa shape index (κ1) is 16.3. The minimum atomic E-state index is -1.38. The van der Waals surface area contributed by atoms with Crippen molar-refractivity contribution in [1.29, 1.82) is 0 Å². The van der Waals surface area contributed by atoms with E-state index in [4.69, 9.17) is 32.5 Å². The fourth-order valence-corrected chi connectivity index (χ4v) is 2.17. The third kappa shape index (κ3) is 3.23. The molecule has 6 nitrogen and oxygen atoms in total. The summed E-state index contributed by atoms with van der Waals surface area (Å²) in [7, 11) is 0. The molecular formula is C14H11Cl2NO5. The Morgan fingerprint density at radius 2 is 2.05 bits per heavy atom. The molecule has 0 aliphatic heterocycles. The molecule has 1 aromatic carbocycles. The molecule has 0 aliphatic rings. The van der Waals surface area contributed by atoms with Gasteiger partial charge in [0.05, 0.1) is 11.1 Å². The molecule has 0 fully saturated rings. The van der Waals surface area contributed by atoms with E-state index in [-0.39, 0.29) is 16.9 Å². The Bertz CT molecular complexity index is 739. The molecule has 0 saturated carbocycles. The lowest BCUT2D eigenvalue weighted by atomic mass is 10.1. The number of carboxylic acids is 1. The monoisotopic (exact) mass is 343 g/mol. The Balaban J connectivity index is 2.51. The lowest BCUT2D eigenvalue weighted by Crippen LogP contribution is -2.06. The topological polar surface area (TPSA) is 89.6 Å². The SMILES string of the molecule is CC(C)Oc1ccc(-c2onc(C(=O)Cl)c2C(=O)O)cc1Cl. The molecule has 2 aromatic rings. The predicted octanol–water partition coefficient (Wildman–Crippen LogP) is 3.86. The summed E-state index contributed by atoms with van der Waals surface area (Å²) in [5, 5.41) is 11.9. The molecule has 1 aromatic heterocycles. The van der Waals surface area contributed by atoms with Crippen molar-refractivity contribution in [1.82, 2.24) is 5.16 Å². The van der Waals surface area contributed by atoms with E-state index in [1.807, 2.05) is 13.8 Å². The van der Waals surface area contributed by atoms with Crippen LogP contribution in [0.2, 0.25) is 5.02 Å². The highest BCUT2D eigenvalue weighted by Crippen LogP contribution is 2.33. The molecule has 0 amide bonds. The number of hydrogen-bond donors (Lipinski definition) is 1. The summed E-state index contributed by atoms with van der Waals surface area (Å²) in [4.78, 5) is 22.5. The number of aromatic nitrogens is 1. The van der Waals surface area contributed by atoms with Crippen LogP contribution in [-0.4, -0.2) is 27.6 Å². The molecule has 1 heterocycles. The molecule has 0 spiro atoms. The van der Waals surface area contributed by atoms with Gasteiger partial charge in [0.25, 0.3) is 5.24 Å². The highest BCUT2D eigenvalue weighted by molar-refractivity contribution is 6.68. The van der Waals surface area contributed by atoms with Crippen LogP contribution in [0.4, 0.5) is 0 Å². The highest BCUT2D eigenvalue weighted by Gasteiger charge is 2.27. The first-order valence-corrected chi connectivity index (χ1v) is 6.96. The van der Waals surface area contributed by atoms with E-state index in [0.29, 0.717) is 11.3 Å². The van der Waals surface area contributed by atoms with Gasteiger partial charge in [0.1, 0.15) is 11.3 Å². The minimum Gasteiger partial charge on any atom is -0.489 e. The maximum atomic E-state index is 11.3. The van der Waals surface area contributed by atoms with Crippen molar-refractivity contribution in [2.24, 2.45) is 0 Å². The molecule has 0 saturated heterocycles. The van der Waals surface area contributed by atoms with Crippen molar-refractivity contribution in [2.45, 2.75) is 20.0 Å². The van der Waals surface area contributed by atoms with Crippen molar-refractivity contribution < 1.29 is 24.0 Å². The standard InChI is InChI=1S/C14H11Cl2NO5/c1-6(2)21-9-4-3-7(5-8(9)15)12-10(14(19)20)11(13(16)18)17-22-12/h3-6H,1-2H3,(H,19,20). The van der Waals surface area contributed by atoms with Crippen molar-refractivity contribution in [3.05, 3.63) is 34.5 Å². The van der Waals surface area contributed by atoms with Crippen LogP contribution < -0.4 is 4.74 Å². The summed E-state index contributed by atoms with van der Waals surface area (Å²) in [5.41, 5.74) is -0.522. The largest absolute Gasteiger partial charge is 0.489 e. The summed E-state index contributed by atoms with van der Waals surface area (Å²) < 4.78 is 10.4. The first-order chi connectivity index (χ1) is 10.3. The fourth-order valence-electron chi connectivity index (χ4n) is 1.81. The van der Waals surface area contributed by atoms with Gasteiger partial charge in [0.2, 0.25) is 0 Å². The van der Waals surface area contributed by atoms with Gasteiger partial charge in [-0.2, -0.15) is 0 Å². The van der Waals surface area contributed by atoms with Gasteiger partial charge in [-0.15, -0.1) is 0 Å². The molecule has 116 valence electrons. The lowest BCUT2D eigenvalue weighted by Gasteiger charge is -2.11. The van der Waals surface area contributed by atoms with Gasteiger partial charge in [-0.05, 0) is 43.6 Å². The van der Waals surface area contributed by atoms with Gasteiger partial charge in [-0.25, -0.2) is 4.79 Å². The zero-order chi connectivity index (χ0) is 16.4. The molecule has 0 bridgehead atoms. The van der Waals surface area contributed by atoms with Gasteiger partial charge < -0.3 is 14.4 Å². The number of ether oxygens (including phenoxy) is 1. The fraction of sp³-hybridized carbons (Fsp3) is 0.214. The van der Waals surface area contributed by atoms with E-state index in [9.17, 15) is 14.7 Å². The average molecular weight is 344 g/mol. The van der Waals surface area contributed by atoms with Crippen molar-refractivity contribution >= 4 is 34.4 Å². The highest BCUT2D eigenvalue weighted by atomic mass is 35.5. The Morgan fingerprint density at radius 3 is 2.55 bits per heavy atom. The number of carboxylic acid groups (broad SMARTS) is 1. The van der Waals surface area contributed by atoms with Crippen LogP contribution in [0, 0.1) is 0 Å². The van der Waals surface area contributed by atoms with Gasteiger partial charge in [-0.3, -0.25) is 4.79 Å². The van der Waals surface area contributed by atoms with E-state index in [0.717, 1.165) is 0 Å². The second-order valence-corrected chi connectivity index (χ2v) is 5.38. The summed E-state index contributed by atoms with van der Waals surface area (Å²) in [6.45, 7) is 3.70. The van der Waals surface area contributed by atoms with Crippen LogP contribution in [0.5, 0.6) is 5.75 Å². The molecule has 0 unspecified atom stereocenters. The number of halogens is 2. The summed E-state index contributed by atoms with van der Waals surface area (Å²) in [5.74, 6) is -1.03. The van der Waals surface area contributed by atoms with Crippen LogP contribution >= 0.6 is 23.2 Å². The summed E-state index contributed by atoms with van der Waals surface area (Å²) in [6.07, 6.45) is -0.0660. The second kappa shape index (κ2) is 6.37. The number of hydrogen-bond acceptors (Lipinski definition) is 5. The van der Waals surface area contributed by atoms with Gasteiger partial charge in [-0.1, -0.05) is 16.8 Å². The number of rotatable bonds is 5. The Morgan fingerprint density at radius 1 is 1.36 bits per heavy atom. The zero-order valence-electron chi connectivity index (χ0n) is 11.6. The zero-order valence-corrected chi connectivity index (χ0v) is 13.1. The van der Waals surface area contributed by atoms with Crippen molar-refractivity contribution in [3.63, 3.8) is 0 Å². The second-order valence-electron chi connectivity index (χ2n) is 4.63. The van der Waals surface area contributed by atoms with Crippen LogP contribution in [0.25, 0.3) is 11.3 Å². The smallest absolute Gasteiger partial charge is 0.342 e. The summed E-state index contributed by atoms with van der Waals surface area (Å²) in [6, 6.07) is 4.60. The molecular weight excluding hydrogens is 333 g/mol. The predicted molar refractivity (Wildman–Crippen MR) is 79.9 cm³/mol. The average Bonchev–Trinajstić information content (AvgIpc) is 2.85. The normalized spacial score (nSPS) is 10.8. The minimum absolute atomic E-state index is 0.0660. The number of nitrogens with zero attached hydrogens (tertiary/aromatic N) is 1. The van der Waals surface area contributed by atoms with E-state index in [1.165, 1.54) is 6.07 Å². The number of aromatic carboxylic acids is 1. The Hall–Kier alpha value is -2.05. The summed E-state index contributed by atoms with van der Waals surface area (Å²) >= 11 is 11.4. The van der Waals surface area contributed by atoms with E-state index < -0.39 is 22.5 Å². The van der Waals surface area contributed by atoms with Crippen LogP contribution in [0.3, 0.4) is 0 Å². The van der Waals surface area contributed by atoms with Gasteiger partial charge in [0.15, 0.2) is 11.5 Å². The van der Waals surface area contributed by atoms with Crippen LogP contribution in [0.1, 0.15) is 34.7 Å². The molecule has 2 rings (SSSR count). The van der Waals surface area contributed by atoms with Gasteiger partial charge in [0, 0.05) is 5.56 Å². The molecule has 1 N–H and O–H groups in total. The third-order valence-electron chi connectivity index (χ3n) is 2.65. The van der Waals surface area contributed by atoms with Crippen LogP contribution in [0.15, 0.2) is 22.7 Å². The maximum Gasteiger partial charge on any atom is 0.342 e. The maximum absolute atomic E-state index is 11.3. The van der Waals surface area contributed by atoms with E-state index in [2.05, 4.69) is 5.16 Å². The van der Waals surface area contributed by atoms with Crippen molar-refractivity contribution in [2.75, 3.05) is 0 Å². The number of carbonyl (C=O) groups excluding carboxylic acids is 1. The Kier molecular flexibility index (Phi) is 4.73. The van der Waals surface area contributed by atoms with Crippen molar-refractivity contribution in [3.8, 4) is 17.1 Å². The van der Waals surface area contributed by atoms with Crippen LogP contribution in [-0.2, 0) is 0 Å². The quantitative estimate of drug-likeness (QED) is 0.829. The van der Waals surface area contributed by atoms with E-state index in [1.54, 1.807) is 12.1 Å². The molecule has 0 aliphatic carbocycles. The molecule has 22 heavy (non-hydrogen) atoms.